The second-order valence-corrected chi connectivity index (χ2v) is 8.79. The van der Waals surface area contributed by atoms with Gasteiger partial charge in [-0.1, -0.05) is 25.5 Å². The number of Topliss-reactive ketones (excluding diaryl/α,β-unsaturated/α-hetero) is 1. The number of hydrogen-bond acceptors (Lipinski definition) is 3. The van der Waals surface area contributed by atoms with Gasteiger partial charge in [0.15, 0.2) is 0 Å². The Morgan fingerprint density at radius 1 is 1.13 bits per heavy atom. The summed E-state index contributed by atoms with van der Waals surface area (Å²) in [5, 5.41) is 0. The Kier molecular flexibility index (Phi) is 3.31. The highest BCUT2D eigenvalue weighted by molar-refractivity contribution is 5.87. The van der Waals surface area contributed by atoms with E-state index in [1.807, 2.05) is 0 Å². The average molecular weight is 316 g/mol. The molecule has 0 spiro atoms. The minimum atomic E-state index is -0.163. The smallest absolute Gasteiger partial charge is 0.302 e. The first kappa shape index (κ1) is 15.4. The molecule has 6 atom stereocenters. The zero-order valence-electron chi connectivity index (χ0n) is 14.6. The highest BCUT2D eigenvalue weighted by Crippen LogP contribution is 2.65. The fraction of sp³-hybridized carbons (Fsp3) is 0.800. The lowest BCUT2D eigenvalue weighted by Crippen LogP contribution is -2.44. The van der Waals surface area contributed by atoms with E-state index < -0.39 is 0 Å². The lowest BCUT2D eigenvalue weighted by Gasteiger charge is -2.49. The Labute approximate surface area is 138 Å². The number of esters is 1. The minimum Gasteiger partial charge on any atom is -0.462 e. The van der Waals surface area contributed by atoms with Crippen molar-refractivity contribution in [1.82, 2.24) is 0 Å². The van der Waals surface area contributed by atoms with Crippen LogP contribution in [0.25, 0.3) is 0 Å². The molecule has 0 aromatic carbocycles. The van der Waals surface area contributed by atoms with Crippen molar-refractivity contribution in [2.45, 2.75) is 71.8 Å². The van der Waals surface area contributed by atoms with E-state index in [1.54, 1.807) is 0 Å². The second-order valence-electron chi connectivity index (χ2n) is 8.79. The summed E-state index contributed by atoms with van der Waals surface area (Å²) in [6.07, 6.45) is 9.67. The molecular weight excluding hydrogens is 288 g/mol. The molecule has 0 heterocycles. The Bertz CT molecular complexity index is 592. The number of allylic oxidation sites excluding steroid dienone is 1. The van der Waals surface area contributed by atoms with Gasteiger partial charge in [0.25, 0.3) is 0 Å². The maximum absolute atomic E-state index is 12.4. The highest BCUT2D eigenvalue weighted by atomic mass is 16.5. The van der Waals surface area contributed by atoms with Crippen LogP contribution in [0, 0.1) is 28.6 Å². The first-order valence-electron chi connectivity index (χ1n) is 9.26. The lowest BCUT2D eigenvalue weighted by atomic mass is 9.55. The third kappa shape index (κ3) is 2.08. The number of fused-ring (bicyclic) bond motifs is 5. The van der Waals surface area contributed by atoms with Crippen molar-refractivity contribution in [1.29, 1.82) is 0 Å². The molecule has 0 aromatic rings. The van der Waals surface area contributed by atoms with Crippen LogP contribution in [0.4, 0.5) is 0 Å². The number of hydrogen-bond donors (Lipinski definition) is 0. The molecule has 0 unspecified atom stereocenters. The van der Waals surface area contributed by atoms with Gasteiger partial charge in [0.1, 0.15) is 11.9 Å². The van der Waals surface area contributed by atoms with Gasteiger partial charge < -0.3 is 4.74 Å². The zero-order valence-corrected chi connectivity index (χ0v) is 14.6. The van der Waals surface area contributed by atoms with Crippen LogP contribution < -0.4 is 0 Å². The van der Waals surface area contributed by atoms with Gasteiger partial charge in [0.2, 0.25) is 0 Å². The van der Waals surface area contributed by atoms with Gasteiger partial charge in [0, 0.05) is 25.2 Å². The molecule has 0 aliphatic heterocycles. The number of ketones is 1. The van der Waals surface area contributed by atoms with Gasteiger partial charge in [-0.15, -0.1) is 0 Å². The predicted octanol–water partition coefficient (Wildman–Crippen LogP) is 4.06. The van der Waals surface area contributed by atoms with Crippen LogP contribution in [-0.2, 0) is 14.3 Å². The van der Waals surface area contributed by atoms with Crippen molar-refractivity contribution in [3.8, 4) is 0 Å². The summed E-state index contributed by atoms with van der Waals surface area (Å²) >= 11 is 0. The van der Waals surface area contributed by atoms with E-state index >= 15 is 0 Å². The van der Waals surface area contributed by atoms with Crippen LogP contribution in [0.5, 0.6) is 0 Å². The molecule has 3 saturated carbocycles. The highest BCUT2D eigenvalue weighted by Gasteiger charge is 2.59. The van der Waals surface area contributed by atoms with Crippen molar-refractivity contribution in [2.75, 3.05) is 0 Å². The second kappa shape index (κ2) is 4.94. The molecule has 0 radical (unpaired) electrons. The Morgan fingerprint density at radius 3 is 2.57 bits per heavy atom. The Morgan fingerprint density at radius 2 is 1.83 bits per heavy atom. The van der Waals surface area contributed by atoms with Crippen LogP contribution in [0.1, 0.15) is 65.7 Å². The summed E-state index contributed by atoms with van der Waals surface area (Å²) in [4.78, 5) is 23.7. The molecule has 4 aliphatic carbocycles. The van der Waals surface area contributed by atoms with Crippen molar-refractivity contribution >= 4 is 11.8 Å². The number of carbonyl (C=O) groups is 2. The van der Waals surface area contributed by atoms with Crippen molar-refractivity contribution in [2.24, 2.45) is 28.6 Å². The summed E-state index contributed by atoms with van der Waals surface area (Å²) in [5.41, 5.74) is 1.71. The Hall–Kier alpha value is -1.12. The number of ether oxygens (including phenoxy) is 1. The summed E-state index contributed by atoms with van der Waals surface area (Å²) in [5.74, 6) is 2.13. The molecule has 3 nitrogen and oxygen atoms in total. The van der Waals surface area contributed by atoms with Gasteiger partial charge in [-0.25, -0.2) is 0 Å². The summed E-state index contributed by atoms with van der Waals surface area (Å²) in [6.45, 7) is 6.15. The third-order valence-corrected chi connectivity index (χ3v) is 7.75. The van der Waals surface area contributed by atoms with Gasteiger partial charge in [-0.3, -0.25) is 9.59 Å². The Balaban J connectivity index is 1.62. The first-order chi connectivity index (χ1) is 10.8. The molecule has 0 amide bonds. The number of rotatable bonds is 1. The van der Waals surface area contributed by atoms with Crippen LogP contribution in [0.15, 0.2) is 11.6 Å². The average Bonchev–Trinajstić information content (AvgIpc) is 2.94. The van der Waals surface area contributed by atoms with E-state index in [2.05, 4.69) is 19.9 Å². The van der Waals surface area contributed by atoms with Gasteiger partial charge in [-0.2, -0.15) is 0 Å². The largest absolute Gasteiger partial charge is 0.462 e. The summed E-state index contributed by atoms with van der Waals surface area (Å²) in [7, 11) is 0. The zero-order chi connectivity index (χ0) is 16.4. The number of carbonyl (C=O) groups excluding carboxylic acids is 2. The van der Waals surface area contributed by atoms with Crippen molar-refractivity contribution in [3.63, 3.8) is 0 Å². The van der Waals surface area contributed by atoms with E-state index in [-0.39, 0.29) is 22.9 Å². The molecule has 3 fully saturated rings. The van der Waals surface area contributed by atoms with E-state index in [0.717, 1.165) is 38.5 Å². The quantitative estimate of drug-likeness (QED) is 0.541. The van der Waals surface area contributed by atoms with Crippen LogP contribution in [0.3, 0.4) is 0 Å². The maximum Gasteiger partial charge on any atom is 0.302 e. The topological polar surface area (TPSA) is 43.4 Å². The molecule has 3 heteroatoms. The summed E-state index contributed by atoms with van der Waals surface area (Å²) < 4.78 is 5.49. The summed E-state index contributed by atoms with van der Waals surface area (Å²) in [6, 6.07) is 0. The van der Waals surface area contributed by atoms with E-state index in [9.17, 15) is 9.59 Å². The predicted molar refractivity (Wildman–Crippen MR) is 87.6 cm³/mol. The van der Waals surface area contributed by atoms with E-state index in [4.69, 9.17) is 4.74 Å². The molecule has 4 aliphatic rings. The van der Waals surface area contributed by atoms with Crippen LogP contribution >= 0.6 is 0 Å². The molecule has 23 heavy (non-hydrogen) atoms. The van der Waals surface area contributed by atoms with Gasteiger partial charge in [-0.05, 0) is 55.3 Å². The van der Waals surface area contributed by atoms with E-state index in [1.165, 1.54) is 18.9 Å². The SMILES string of the molecule is CC(=O)O[C@@H]1CC[C@]2(C)C(=C[C@H]3[C@H]4CCC(=O)[C@]4(C)CC[C@H]32)C1. The minimum absolute atomic E-state index is 0.0589. The van der Waals surface area contributed by atoms with Crippen molar-refractivity contribution in [3.05, 3.63) is 11.6 Å². The first-order valence-corrected chi connectivity index (χ1v) is 9.26. The monoisotopic (exact) mass is 316 g/mol. The fourth-order valence-corrected chi connectivity index (χ4v) is 6.39. The molecule has 0 N–H and O–H groups in total. The standard InChI is InChI=1S/C20H28O3/c1-12(21)23-14-6-8-19(2)13(10-14)11-15-16-4-5-18(22)20(16,3)9-7-17(15)19/h11,14-17H,4-10H2,1-3H3/t14-,15+,16-,17-,19-,20-/m1/s1. The van der Waals surface area contributed by atoms with Gasteiger partial charge in [0.05, 0.1) is 0 Å². The van der Waals surface area contributed by atoms with Crippen molar-refractivity contribution < 1.29 is 14.3 Å². The molecule has 0 bridgehead atoms. The van der Waals surface area contributed by atoms with E-state index in [0.29, 0.717) is 23.5 Å². The normalized spacial score (nSPS) is 48.3. The molecule has 126 valence electrons. The van der Waals surface area contributed by atoms with Crippen LogP contribution in [-0.4, -0.2) is 17.9 Å². The van der Waals surface area contributed by atoms with Gasteiger partial charge >= 0.3 is 5.97 Å². The molecular formula is C20H28O3. The molecule has 4 rings (SSSR count). The molecule has 0 aromatic heterocycles. The third-order valence-electron chi connectivity index (χ3n) is 7.75. The van der Waals surface area contributed by atoms with Crippen LogP contribution in [0.2, 0.25) is 0 Å². The lowest BCUT2D eigenvalue weighted by molar-refractivity contribution is -0.148. The molecule has 0 saturated heterocycles. The fourth-order valence-electron chi connectivity index (χ4n) is 6.39. The maximum atomic E-state index is 12.4.